The number of hydrogen-bond acceptors (Lipinski definition) is 2. The second kappa shape index (κ2) is 5.45. The van der Waals surface area contributed by atoms with Gasteiger partial charge in [-0.2, -0.15) is 0 Å². The first-order valence-corrected chi connectivity index (χ1v) is 8.06. The van der Waals surface area contributed by atoms with E-state index in [9.17, 15) is 4.79 Å². The largest absolute Gasteiger partial charge is 0.339 e. The highest BCUT2D eigenvalue weighted by Crippen LogP contribution is 2.36. The molecule has 3 heteroatoms. The van der Waals surface area contributed by atoms with E-state index < -0.39 is 0 Å². The summed E-state index contributed by atoms with van der Waals surface area (Å²) in [6.07, 6.45) is 4.68. The molecule has 1 saturated carbocycles. The molecular formula is C18H26N2O. The summed E-state index contributed by atoms with van der Waals surface area (Å²) in [6.45, 7) is 6.48. The molecule has 0 atom stereocenters. The number of hydrogen-bond donors (Lipinski definition) is 1. The Morgan fingerprint density at radius 1 is 1.19 bits per heavy atom. The van der Waals surface area contributed by atoms with Gasteiger partial charge in [0, 0.05) is 31.7 Å². The topological polar surface area (TPSA) is 32.3 Å². The van der Waals surface area contributed by atoms with Gasteiger partial charge in [0.1, 0.15) is 0 Å². The Balaban J connectivity index is 1.70. The van der Waals surface area contributed by atoms with Crippen LogP contribution in [0.4, 0.5) is 0 Å². The number of rotatable bonds is 2. The summed E-state index contributed by atoms with van der Waals surface area (Å²) in [4.78, 5) is 14.7. The predicted octanol–water partition coefficient (Wildman–Crippen LogP) is 3.33. The third-order valence-corrected chi connectivity index (χ3v) is 5.26. The van der Waals surface area contributed by atoms with E-state index in [1.54, 1.807) is 0 Å². The minimum Gasteiger partial charge on any atom is -0.339 e. The fraction of sp³-hybridized carbons (Fsp3) is 0.611. The Morgan fingerprint density at radius 2 is 1.86 bits per heavy atom. The van der Waals surface area contributed by atoms with Crippen LogP contribution in [-0.4, -0.2) is 23.9 Å². The van der Waals surface area contributed by atoms with E-state index in [1.807, 2.05) is 18.0 Å². The Hall–Kier alpha value is -1.35. The number of amides is 1. The van der Waals surface area contributed by atoms with Crippen LogP contribution in [0, 0.1) is 5.41 Å². The molecule has 1 aromatic rings. The van der Waals surface area contributed by atoms with Crippen LogP contribution in [-0.2, 0) is 13.1 Å². The molecule has 0 aromatic heterocycles. The van der Waals surface area contributed by atoms with E-state index in [4.69, 9.17) is 0 Å². The highest BCUT2D eigenvalue weighted by molar-refractivity contribution is 5.94. The molecule has 1 aliphatic heterocycles. The Kier molecular flexibility index (Phi) is 3.78. The molecule has 1 fully saturated rings. The summed E-state index contributed by atoms with van der Waals surface area (Å²) < 4.78 is 0. The van der Waals surface area contributed by atoms with Crippen molar-refractivity contribution in [3.8, 4) is 0 Å². The summed E-state index contributed by atoms with van der Waals surface area (Å²) in [5.74, 6) is 0.175. The lowest BCUT2D eigenvalue weighted by atomic mass is 9.75. The molecule has 1 heterocycles. The predicted molar refractivity (Wildman–Crippen MR) is 85.1 cm³/mol. The first-order valence-electron chi connectivity index (χ1n) is 8.06. The van der Waals surface area contributed by atoms with Crippen molar-refractivity contribution in [2.45, 2.75) is 58.7 Å². The van der Waals surface area contributed by atoms with Gasteiger partial charge >= 0.3 is 0 Å². The summed E-state index contributed by atoms with van der Waals surface area (Å²) in [7, 11) is 1.97. The van der Waals surface area contributed by atoms with Crippen LogP contribution < -0.4 is 5.32 Å². The van der Waals surface area contributed by atoms with Gasteiger partial charge in [-0.05, 0) is 54.4 Å². The van der Waals surface area contributed by atoms with Crippen molar-refractivity contribution in [1.29, 1.82) is 0 Å². The van der Waals surface area contributed by atoms with E-state index in [-0.39, 0.29) is 5.91 Å². The van der Waals surface area contributed by atoms with E-state index in [0.717, 1.165) is 31.5 Å². The summed E-state index contributed by atoms with van der Waals surface area (Å²) in [5, 5.41) is 3.33. The lowest BCUT2D eigenvalue weighted by Gasteiger charge is -2.38. The van der Waals surface area contributed by atoms with Crippen LogP contribution in [0.1, 0.15) is 61.0 Å². The Bertz CT molecular complexity index is 540. The van der Waals surface area contributed by atoms with Gasteiger partial charge in [-0.15, -0.1) is 0 Å². The second-order valence-electron chi connectivity index (χ2n) is 7.40. The Morgan fingerprint density at radius 3 is 2.57 bits per heavy atom. The van der Waals surface area contributed by atoms with Gasteiger partial charge in [0.2, 0.25) is 0 Å². The lowest BCUT2D eigenvalue weighted by Crippen LogP contribution is -2.40. The molecule has 0 spiro atoms. The zero-order valence-electron chi connectivity index (χ0n) is 13.4. The number of fused-ring (bicyclic) bond motifs is 1. The third-order valence-electron chi connectivity index (χ3n) is 5.26. The van der Waals surface area contributed by atoms with Crippen molar-refractivity contribution in [3.63, 3.8) is 0 Å². The number of benzene rings is 1. The minimum atomic E-state index is 0.175. The molecule has 1 amide bonds. The molecule has 3 rings (SSSR count). The summed E-state index contributed by atoms with van der Waals surface area (Å²) >= 11 is 0. The quantitative estimate of drug-likeness (QED) is 0.904. The van der Waals surface area contributed by atoms with E-state index >= 15 is 0 Å². The van der Waals surface area contributed by atoms with Crippen molar-refractivity contribution in [2.24, 2.45) is 5.41 Å². The molecule has 0 unspecified atom stereocenters. The molecule has 21 heavy (non-hydrogen) atoms. The average molecular weight is 286 g/mol. The zero-order chi connectivity index (χ0) is 15.0. The summed E-state index contributed by atoms with van der Waals surface area (Å²) in [5.41, 5.74) is 3.89. The minimum absolute atomic E-state index is 0.175. The van der Waals surface area contributed by atoms with Gasteiger partial charge in [-0.1, -0.05) is 19.9 Å². The first-order chi connectivity index (χ1) is 9.96. The maximum absolute atomic E-state index is 12.7. The SMILES string of the molecule is CN(C(=O)c1ccc2c(c1)CNC2)C1CCC(C)(C)CC1. The third kappa shape index (κ3) is 2.98. The molecule has 1 aliphatic carbocycles. The van der Waals surface area contributed by atoms with Crippen molar-refractivity contribution in [2.75, 3.05) is 7.05 Å². The molecule has 114 valence electrons. The second-order valence-corrected chi connectivity index (χ2v) is 7.40. The van der Waals surface area contributed by atoms with E-state index in [0.29, 0.717) is 11.5 Å². The first kappa shape index (κ1) is 14.6. The molecule has 3 nitrogen and oxygen atoms in total. The van der Waals surface area contributed by atoms with Crippen LogP contribution >= 0.6 is 0 Å². The normalized spacial score (nSPS) is 21.1. The van der Waals surface area contributed by atoms with E-state index in [1.165, 1.54) is 24.0 Å². The molecule has 1 N–H and O–H groups in total. The van der Waals surface area contributed by atoms with Gasteiger partial charge in [0.25, 0.3) is 5.91 Å². The van der Waals surface area contributed by atoms with Crippen LogP contribution in [0.5, 0.6) is 0 Å². The maximum atomic E-state index is 12.7. The molecule has 0 bridgehead atoms. The van der Waals surface area contributed by atoms with Crippen molar-refractivity contribution >= 4 is 5.91 Å². The number of carbonyl (C=O) groups excluding carboxylic acids is 1. The monoisotopic (exact) mass is 286 g/mol. The van der Waals surface area contributed by atoms with Crippen LogP contribution in [0.2, 0.25) is 0 Å². The molecule has 0 saturated heterocycles. The average Bonchev–Trinajstić information content (AvgIpc) is 2.93. The number of nitrogens with zero attached hydrogens (tertiary/aromatic N) is 1. The standard InChI is InChI=1S/C18H26N2O/c1-18(2)8-6-16(7-9-18)20(3)17(21)13-4-5-14-11-19-12-15(14)10-13/h4-5,10,16,19H,6-9,11-12H2,1-3H3. The van der Waals surface area contributed by atoms with Crippen LogP contribution in [0.15, 0.2) is 18.2 Å². The molecule has 1 aromatic carbocycles. The highest BCUT2D eigenvalue weighted by Gasteiger charge is 2.31. The number of nitrogens with one attached hydrogen (secondary N) is 1. The van der Waals surface area contributed by atoms with Gasteiger partial charge in [0.05, 0.1) is 0 Å². The summed E-state index contributed by atoms with van der Waals surface area (Å²) in [6, 6.07) is 6.55. The van der Waals surface area contributed by atoms with Gasteiger partial charge < -0.3 is 10.2 Å². The van der Waals surface area contributed by atoms with Crippen molar-refractivity contribution < 1.29 is 4.79 Å². The molecule has 0 radical (unpaired) electrons. The fourth-order valence-electron chi connectivity index (χ4n) is 3.57. The van der Waals surface area contributed by atoms with Gasteiger partial charge in [0.15, 0.2) is 0 Å². The maximum Gasteiger partial charge on any atom is 0.253 e. The number of carbonyl (C=O) groups is 1. The van der Waals surface area contributed by atoms with E-state index in [2.05, 4.69) is 31.3 Å². The smallest absolute Gasteiger partial charge is 0.253 e. The van der Waals surface area contributed by atoms with Gasteiger partial charge in [-0.25, -0.2) is 0 Å². The fourth-order valence-corrected chi connectivity index (χ4v) is 3.57. The van der Waals surface area contributed by atoms with Crippen LogP contribution in [0.25, 0.3) is 0 Å². The molecule has 2 aliphatic rings. The van der Waals surface area contributed by atoms with Gasteiger partial charge in [-0.3, -0.25) is 4.79 Å². The highest BCUT2D eigenvalue weighted by atomic mass is 16.2. The lowest BCUT2D eigenvalue weighted by molar-refractivity contribution is 0.0635. The van der Waals surface area contributed by atoms with Crippen LogP contribution in [0.3, 0.4) is 0 Å². The zero-order valence-corrected chi connectivity index (χ0v) is 13.4. The van der Waals surface area contributed by atoms with Crippen molar-refractivity contribution in [3.05, 3.63) is 34.9 Å². The molecular weight excluding hydrogens is 260 g/mol. The Labute approximate surface area is 127 Å². The van der Waals surface area contributed by atoms with Crippen molar-refractivity contribution in [1.82, 2.24) is 10.2 Å².